The summed E-state index contributed by atoms with van der Waals surface area (Å²) in [6.07, 6.45) is 0. The van der Waals surface area contributed by atoms with E-state index in [9.17, 15) is 0 Å². The Morgan fingerprint density at radius 3 is 2.50 bits per heavy atom. The summed E-state index contributed by atoms with van der Waals surface area (Å²) in [6.45, 7) is 6.65. The minimum absolute atomic E-state index is 0.704. The van der Waals surface area contributed by atoms with Crippen molar-refractivity contribution in [3.8, 4) is 6.07 Å². The molecule has 2 nitrogen and oxygen atoms in total. The highest BCUT2D eigenvalue weighted by Crippen LogP contribution is 2.31. The summed E-state index contributed by atoms with van der Waals surface area (Å²) >= 11 is 3.40. The topological polar surface area (TPSA) is 27.0 Å². The van der Waals surface area contributed by atoms with E-state index >= 15 is 0 Å². The third kappa shape index (κ3) is 2.08. The summed E-state index contributed by atoms with van der Waals surface area (Å²) in [4.78, 5) is 2.32. The van der Waals surface area contributed by atoms with Gasteiger partial charge in [0.25, 0.3) is 0 Å². The lowest BCUT2D eigenvalue weighted by Gasteiger charge is -2.19. The average Bonchev–Trinajstić information content (AvgIpc) is 2.59. The molecule has 1 aliphatic rings. The van der Waals surface area contributed by atoms with Gasteiger partial charge in [-0.3, -0.25) is 0 Å². The normalized spacial score (nSPS) is 24.5. The molecule has 2 rings (SSSR count). The maximum absolute atomic E-state index is 9.14. The smallest absolute Gasteiger partial charge is 0.101 e. The number of nitrogens with zero attached hydrogens (tertiary/aromatic N) is 2. The fraction of sp³-hybridized carbons (Fsp3) is 0.462. The van der Waals surface area contributed by atoms with Crippen LogP contribution in [0.5, 0.6) is 0 Å². The summed E-state index contributed by atoms with van der Waals surface area (Å²) in [5.74, 6) is 1.41. The van der Waals surface area contributed by atoms with Crippen LogP contribution in [0.4, 0.5) is 5.69 Å². The lowest BCUT2D eigenvalue weighted by molar-refractivity contribution is 0.494. The molecule has 1 saturated heterocycles. The molecule has 0 radical (unpaired) electrons. The van der Waals surface area contributed by atoms with Crippen molar-refractivity contribution < 1.29 is 0 Å². The van der Waals surface area contributed by atoms with Gasteiger partial charge in [-0.05, 0) is 30.0 Å². The fourth-order valence-electron chi connectivity index (χ4n) is 2.20. The van der Waals surface area contributed by atoms with Crippen molar-refractivity contribution in [3.05, 3.63) is 28.2 Å². The van der Waals surface area contributed by atoms with Crippen LogP contribution in [0.2, 0.25) is 0 Å². The summed E-state index contributed by atoms with van der Waals surface area (Å²) in [6, 6.07) is 8.20. The highest BCUT2D eigenvalue weighted by Gasteiger charge is 2.27. The van der Waals surface area contributed by atoms with E-state index in [-0.39, 0.29) is 0 Å². The van der Waals surface area contributed by atoms with E-state index in [1.807, 2.05) is 18.2 Å². The third-order valence-electron chi connectivity index (χ3n) is 3.41. The van der Waals surface area contributed by atoms with Crippen molar-refractivity contribution in [2.24, 2.45) is 11.8 Å². The number of hydrogen-bond acceptors (Lipinski definition) is 2. The van der Waals surface area contributed by atoms with Gasteiger partial charge in [0.15, 0.2) is 0 Å². The minimum Gasteiger partial charge on any atom is -0.370 e. The maximum Gasteiger partial charge on any atom is 0.101 e. The molecule has 1 aliphatic heterocycles. The maximum atomic E-state index is 9.14. The zero-order valence-electron chi connectivity index (χ0n) is 9.57. The predicted molar refractivity (Wildman–Crippen MR) is 69.4 cm³/mol. The van der Waals surface area contributed by atoms with E-state index in [2.05, 4.69) is 40.7 Å². The average molecular weight is 279 g/mol. The monoisotopic (exact) mass is 278 g/mol. The highest BCUT2D eigenvalue weighted by molar-refractivity contribution is 9.10. The van der Waals surface area contributed by atoms with Crippen LogP contribution in [0.25, 0.3) is 0 Å². The first-order chi connectivity index (χ1) is 7.61. The summed E-state index contributed by atoms with van der Waals surface area (Å²) < 4.78 is 0.966. The van der Waals surface area contributed by atoms with Crippen LogP contribution in [-0.2, 0) is 0 Å². The molecule has 1 aromatic rings. The second-order valence-corrected chi connectivity index (χ2v) is 5.55. The number of hydrogen-bond donors (Lipinski definition) is 0. The molecule has 2 unspecified atom stereocenters. The van der Waals surface area contributed by atoms with E-state index in [0.717, 1.165) is 28.8 Å². The first-order valence-corrected chi connectivity index (χ1v) is 6.35. The van der Waals surface area contributed by atoms with E-state index in [0.29, 0.717) is 11.8 Å². The Kier molecular flexibility index (Phi) is 3.20. The van der Waals surface area contributed by atoms with Crippen molar-refractivity contribution >= 4 is 21.6 Å². The van der Waals surface area contributed by atoms with Crippen LogP contribution in [0, 0.1) is 23.2 Å². The van der Waals surface area contributed by atoms with Crippen molar-refractivity contribution in [2.45, 2.75) is 13.8 Å². The third-order valence-corrected chi connectivity index (χ3v) is 3.90. The Morgan fingerprint density at radius 2 is 1.94 bits per heavy atom. The van der Waals surface area contributed by atoms with Gasteiger partial charge >= 0.3 is 0 Å². The molecule has 16 heavy (non-hydrogen) atoms. The van der Waals surface area contributed by atoms with Gasteiger partial charge in [-0.1, -0.05) is 29.8 Å². The van der Waals surface area contributed by atoms with Gasteiger partial charge in [-0.15, -0.1) is 0 Å². The second-order valence-electron chi connectivity index (χ2n) is 4.63. The van der Waals surface area contributed by atoms with E-state index in [1.165, 1.54) is 0 Å². The molecule has 84 valence electrons. The molecule has 0 saturated carbocycles. The zero-order chi connectivity index (χ0) is 11.7. The van der Waals surface area contributed by atoms with Crippen LogP contribution < -0.4 is 4.90 Å². The van der Waals surface area contributed by atoms with Crippen LogP contribution in [0.15, 0.2) is 22.7 Å². The number of rotatable bonds is 1. The molecule has 1 aromatic carbocycles. The molecule has 2 atom stereocenters. The van der Waals surface area contributed by atoms with Crippen LogP contribution in [-0.4, -0.2) is 13.1 Å². The SMILES string of the molecule is CC1CN(c2ccc(Br)cc2C#N)CC1C. The Hall–Kier alpha value is -1.01. The molecular formula is C13H15BrN2. The van der Waals surface area contributed by atoms with Gasteiger partial charge in [-0.25, -0.2) is 0 Å². The molecule has 1 fully saturated rings. The van der Waals surface area contributed by atoms with Crippen LogP contribution in [0.3, 0.4) is 0 Å². The van der Waals surface area contributed by atoms with E-state index in [4.69, 9.17) is 5.26 Å². The Labute approximate surface area is 105 Å². The van der Waals surface area contributed by atoms with E-state index < -0.39 is 0 Å². The molecule has 1 heterocycles. The van der Waals surface area contributed by atoms with Crippen molar-refractivity contribution in [2.75, 3.05) is 18.0 Å². The quantitative estimate of drug-likeness (QED) is 0.787. The Balaban J connectivity index is 2.32. The number of halogens is 1. The van der Waals surface area contributed by atoms with Gasteiger partial charge in [0.1, 0.15) is 6.07 Å². The summed E-state index contributed by atoms with van der Waals surface area (Å²) in [5.41, 5.74) is 1.83. The Morgan fingerprint density at radius 1 is 1.31 bits per heavy atom. The van der Waals surface area contributed by atoms with Gasteiger partial charge in [0, 0.05) is 17.6 Å². The number of benzene rings is 1. The summed E-state index contributed by atoms with van der Waals surface area (Å²) in [5, 5.41) is 9.14. The lowest BCUT2D eigenvalue weighted by atomic mass is 10.0. The number of anilines is 1. The van der Waals surface area contributed by atoms with Gasteiger partial charge in [0.05, 0.1) is 11.3 Å². The molecule has 0 bridgehead atoms. The molecule has 0 amide bonds. The van der Waals surface area contributed by atoms with Crippen LogP contribution in [0.1, 0.15) is 19.4 Å². The van der Waals surface area contributed by atoms with Crippen molar-refractivity contribution in [3.63, 3.8) is 0 Å². The minimum atomic E-state index is 0.704. The first-order valence-electron chi connectivity index (χ1n) is 5.56. The van der Waals surface area contributed by atoms with E-state index in [1.54, 1.807) is 0 Å². The molecule has 0 N–H and O–H groups in total. The highest BCUT2D eigenvalue weighted by atomic mass is 79.9. The van der Waals surface area contributed by atoms with Crippen molar-refractivity contribution in [1.82, 2.24) is 0 Å². The second kappa shape index (κ2) is 4.47. The molecule has 0 spiro atoms. The molecule has 0 aliphatic carbocycles. The molecule has 3 heteroatoms. The van der Waals surface area contributed by atoms with Gasteiger partial charge < -0.3 is 4.90 Å². The zero-order valence-corrected chi connectivity index (χ0v) is 11.2. The van der Waals surface area contributed by atoms with Gasteiger partial charge in [-0.2, -0.15) is 5.26 Å². The van der Waals surface area contributed by atoms with Crippen molar-refractivity contribution in [1.29, 1.82) is 5.26 Å². The molecular weight excluding hydrogens is 264 g/mol. The van der Waals surface area contributed by atoms with Crippen LogP contribution >= 0.6 is 15.9 Å². The van der Waals surface area contributed by atoms with Gasteiger partial charge in [0.2, 0.25) is 0 Å². The Bertz CT molecular complexity index is 426. The largest absolute Gasteiger partial charge is 0.370 e. The first kappa shape index (κ1) is 11.5. The summed E-state index contributed by atoms with van der Waals surface area (Å²) in [7, 11) is 0. The lowest BCUT2D eigenvalue weighted by Crippen LogP contribution is -2.20. The fourth-order valence-corrected chi connectivity index (χ4v) is 2.56. The molecule has 0 aromatic heterocycles. The predicted octanol–water partition coefficient (Wildman–Crippen LogP) is 3.41. The standard InChI is InChI=1S/C13H15BrN2/c1-9-7-16(8-10(9)2)13-4-3-12(14)5-11(13)6-15/h3-5,9-10H,7-8H2,1-2H3. The number of nitriles is 1.